The molecule has 2 heterocycles. The van der Waals surface area contributed by atoms with Crippen LogP contribution in [-0.2, 0) is 11.2 Å². The topological polar surface area (TPSA) is 72.1 Å². The van der Waals surface area contributed by atoms with Crippen molar-refractivity contribution in [1.29, 1.82) is 0 Å². The largest absolute Gasteiger partial charge is 0.343 e. The highest BCUT2D eigenvalue weighted by molar-refractivity contribution is 5.76. The monoisotopic (exact) mass is 274 g/mol. The van der Waals surface area contributed by atoms with Crippen molar-refractivity contribution in [3.8, 4) is 11.4 Å². The van der Waals surface area contributed by atoms with E-state index in [1.54, 1.807) is 17.3 Å². The Morgan fingerprint density at radius 2 is 2.15 bits per heavy atom. The smallest absolute Gasteiger partial charge is 0.227 e. The molecule has 2 aromatic heterocycles. The van der Waals surface area contributed by atoms with Gasteiger partial charge in [-0.25, -0.2) is 0 Å². The Kier molecular flexibility index (Phi) is 4.81. The molecule has 20 heavy (non-hydrogen) atoms. The van der Waals surface area contributed by atoms with Crippen molar-refractivity contribution in [1.82, 2.24) is 20.0 Å². The molecule has 0 unspecified atom stereocenters. The molecule has 0 N–H and O–H groups in total. The number of aryl methyl sites for hydroxylation is 1. The molecule has 0 spiro atoms. The Hall–Kier alpha value is -2.24. The maximum Gasteiger partial charge on any atom is 0.227 e. The summed E-state index contributed by atoms with van der Waals surface area (Å²) in [5.74, 6) is 1.09. The molecule has 2 rings (SSSR count). The average Bonchev–Trinajstić information content (AvgIpc) is 2.96. The van der Waals surface area contributed by atoms with Crippen LogP contribution in [0.5, 0.6) is 0 Å². The van der Waals surface area contributed by atoms with Crippen molar-refractivity contribution in [3.63, 3.8) is 0 Å². The van der Waals surface area contributed by atoms with Gasteiger partial charge in [0.15, 0.2) is 0 Å². The highest BCUT2D eigenvalue weighted by atomic mass is 16.5. The van der Waals surface area contributed by atoms with Gasteiger partial charge in [-0.1, -0.05) is 5.16 Å². The SMILES string of the molecule is CCN(CC)C(=O)CCc1nc(-c2cccnc2)no1. The molecule has 0 saturated carbocycles. The molecule has 0 bridgehead atoms. The van der Waals surface area contributed by atoms with Gasteiger partial charge in [-0.05, 0) is 26.0 Å². The van der Waals surface area contributed by atoms with Crippen LogP contribution in [0.25, 0.3) is 11.4 Å². The second-order valence-electron chi connectivity index (χ2n) is 4.32. The van der Waals surface area contributed by atoms with Gasteiger partial charge < -0.3 is 9.42 Å². The van der Waals surface area contributed by atoms with E-state index in [4.69, 9.17) is 4.52 Å². The molecule has 1 amide bonds. The molecule has 6 nitrogen and oxygen atoms in total. The molecule has 6 heteroatoms. The van der Waals surface area contributed by atoms with Crippen molar-refractivity contribution in [3.05, 3.63) is 30.4 Å². The molecular weight excluding hydrogens is 256 g/mol. The van der Waals surface area contributed by atoms with Crippen LogP contribution in [0.4, 0.5) is 0 Å². The van der Waals surface area contributed by atoms with Gasteiger partial charge in [0.25, 0.3) is 0 Å². The number of amides is 1. The summed E-state index contributed by atoms with van der Waals surface area (Å²) in [7, 11) is 0. The predicted molar refractivity (Wildman–Crippen MR) is 73.8 cm³/mol. The lowest BCUT2D eigenvalue weighted by molar-refractivity contribution is -0.130. The summed E-state index contributed by atoms with van der Waals surface area (Å²) in [6.07, 6.45) is 4.21. The normalized spacial score (nSPS) is 10.5. The molecule has 0 atom stereocenters. The van der Waals surface area contributed by atoms with E-state index < -0.39 is 0 Å². The van der Waals surface area contributed by atoms with Gasteiger partial charge in [-0.3, -0.25) is 9.78 Å². The molecule has 0 aliphatic rings. The Bertz CT molecular complexity index is 549. The third kappa shape index (κ3) is 3.40. The first kappa shape index (κ1) is 14.2. The average molecular weight is 274 g/mol. The van der Waals surface area contributed by atoms with Crippen LogP contribution in [0, 0.1) is 0 Å². The number of carbonyl (C=O) groups is 1. The van der Waals surface area contributed by atoms with Crippen LogP contribution >= 0.6 is 0 Å². The lowest BCUT2D eigenvalue weighted by Gasteiger charge is -2.17. The molecule has 0 saturated heterocycles. The van der Waals surface area contributed by atoms with Gasteiger partial charge in [-0.15, -0.1) is 0 Å². The minimum atomic E-state index is 0.108. The van der Waals surface area contributed by atoms with Crippen molar-refractivity contribution in [2.45, 2.75) is 26.7 Å². The zero-order chi connectivity index (χ0) is 14.4. The molecule has 0 radical (unpaired) electrons. The van der Waals surface area contributed by atoms with E-state index in [2.05, 4.69) is 15.1 Å². The van der Waals surface area contributed by atoms with Gasteiger partial charge in [0.2, 0.25) is 17.6 Å². The maximum atomic E-state index is 11.9. The van der Waals surface area contributed by atoms with E-state index in [1.807, 2.05) is 26.0 Å². The number of carbonyl (C=O) groups excluding carboxylic acids is 1. The fourth-order valence-corrected chi connectivity index (χ4v) is 1.92. The lowest BCUT2D eigenvalue weighted by atomic mass is 10.2. The predicted octanol–water partition coefficient (Wildman–Crippen LogP) is 1.93. The first-order chi connectivity index (χ1) is 9.74. The summed E-state index contributed by atoms with van der Waals surface area (Å²) in [6.45, 7) is 5.38. The van der Waals surface area contributed by atoms with Crippen LogP contribution in [0.2, 0.25) is 0 Å². The van der Waals surface area contributed by atoms with Crippen LogP contribution in [-0.4, -0.2) is 39.0 Å². The molecule has 0 fully saturated rings. The Balaban J connectivity index is 1.95. The third-order valence-electron chi connectivity index (χ3n) is 3.06. The molecule has 0 aromatic carbocycles. The highest BCUT2D eigenvalue weighted by Crippen LogP contribution is 2.14. The standard InChI is InChI=1S/C14H18N4O2/c1-3-18(4-2)13(19)8-7-12-16-14(17-20-12)11-6-5-9-15-10-11/h5-6,9-10H,3-4,7-8H2,1-2H3. The minimum absolute atomic E-state index is 0.108. The number of pyridine rings is 1. The van der Waals surface area contributed by atoms with E-state index in [-0.39, 0.29) is 5.91 Å². The zero-order valence-electron chi connectivity index (χ0n) is 11.7. The van der Waals surface area contributed by atoms with Gasteiger partial charge >= 0.3 is 0 Å². The number of rotatable bonds is 6. The number of aromatic nitrogens is 3. The van der Waals surface area contributed by atoms with Gasteiger partial charge in [-0.2, -0.15) is 4.98 Å². The van der Waals surface area contributed by atoms with Crippen LogP contribution in [0.1, 0.15) is 26.2 Å². The van der Waals surface area contributed by atoms with E-state index in [1.165, 1.54) is 0 Å². The summed E-state index contributed by atoms with van der Waals surface area (Å²) in [5, 5.41) is 3.90. The van der Waals surface area contributed by atoms with E-state index in [9.17, 15) is 4.79 Å². The van der Waals surface area contributed by atoms with Gasteiger partial charge in [0.05, 0.1) is 0 Å². The first-order valence-electron chi connectivity index (χ1n) is 6.75. The zero-order valence-corrected chi connectivity index (χ0v) is 11.7. The van der Waals surface area contributed by atoms with Crippen molar-refractivity contribution >= 4 is 5.91 Å². The van der Waals surface area contributed by atoms with Crippen molar-refractivity contribution in [2.75, 3.05) is 13.1 Å². The summed E-state index contributed by atoms with van der Waals surface area (Å²) in [5.41, 5.74) is 0.803. The number of hydrogen-bond donors (Lipinski definition) is 0. The molecule has 0 aliphatic heterocycles. The Morgan fingerprint density at radius 1 is 1.35 bits per heavy atom. The highest BCUT2D eigenvalue weighted by Gasteiger charge is 2.13. The Labute approximate surface area is 117 Å². The van der Waals surface area contributed by atoms with Gasteiger partial charge in [0.1, 0.15) is 0 Å². The maximum absolute atomic E-state index is 11.9. The Morgan fingerprint density at radius 3 is 2.80 bits per heavy atom. The second-order valence-corrected chi connectivity index (χ2v) is 4.32. The molecule has 2 aromatic rings. The summed E-state index contributed by atoms with van der Waals surface area (Å²) in [4.78, 5) is 22.0. The number of nitrogens with zero attached hydrogens (tertiary/aromatic N) is 4. The number of hydrogen-bond acceptors (Lipinski definition) is 5. The second kappa shape index (κ2) is 6.79. The first-order valence-corrected chi connectivity index (χ1v) is 6.75. The lowest BCUT2D eigenvalue weighted by Crippen LogP contribution is -2.30. The summed E-state index contributed by atoms with van der Waals surface area (Å²) < 4.78 is 5.16. The van der Waals surface area contributed by atoms with Crippen LogP contribution < -0.4 is 0 Å². The van der Waals surface area contributed by atoms with Gasteiger partial charge in [0, 0.05) is 43.9 Å². The summed E-state index contributed by atoms with van der Waals surface area (Å²) >= 11 is 0. The minimum Gasteiger partial charge on any atom is -0.343 e. The summed E-state index contributed by atoms with van der Waals surface area (Å²) in [6, 6.07) is 3.68. The third-order valence-corrected chi connectivity index (χ3v) is 3.06. The van der Waals surface area contributed by atoms with Crippen molar-refractivity contribution in [2.24, 2.45) is 0 Å². The molecular formula is C14H18N4O2. The van der Waals surface area contributed by atoms with Crippen LogP contribution in [0.15, 0.2) is 29.0 Å². The quantitative estimate of drug-likeness (QED) is 0.804. The van der Waals surface area contributed by atoms with Crippen molar-refractivity contribution < 1.29 is 9.32 Å². The fraction of sp³-hybridized carbons (Fsp3) is 0.429. The van der Waals surface area contributed by atoms with E-state index >= 15 is 0 Å². The molecule has 0 aliphatic carbocycles. The fourth-order valence-electron chi connectivity index (χ4n) is 1.92. The molecule has 106 valence electrons. The van der Waals surface area contributed by atoms with E-state index in [0.717, 1.165) is 18.7 Å². The van der Waals surface area contributed by atoms with E-state index in [0.29, 0.717) is 24.6 Å². The van der Waals surface area contributed by atoms with Crippen LogP contribution in [0.3, 0.4) is 0 Å².